The minimum Gasteiger partial charge on any atom is -0.353 e. The monoisotopic (exact) mass is 239 g/mol. The first kappa shape index (κ1) is 12.8. The Labute approximate surface area is 104 Å². The maximum absolute atomic E-state index is 11.6. The SMILES string of the molecule is CN1CCCCC1CNC(=O)CNCC1CC1. The van der Waals surface area contributed by atoms with E-state index >= 15 is 0 Å². The summed E-state index contributed by atoms with van der Waals surface area (Å²) in [4.78, 5) is 14.0. The molecule has 0 bridgehead atoms. The Morgan fingerprint density at radius 1 is 1.24 bits per heavy atom. The molecule has 0 aromatic heterocycles. The number of piperidine rings is 1. The highest BCUT2D eigenvalue weighted by molar-refractivity contribution is 5.78. The van der Waals surface area contributed by atoms with E-state index in [0.29, 0.717) is 12.6 Å². The number of nitrogens with zero attached hydrogens (tertiary/aromatic N) is 1. The van der Waals surface area contributed by atoms with Gasteiger partial charge >= 0.3 is 0 Å². The average Bonchev–Trinajstić information content (AvgIpc) is 3.12. The van der Waals surface area contributed by atoms with Crippen LogP contribution in [0.1, 0.15) is 32.1 Å². The van der Waals surface area contributed by atoms with E-state index in [1.54, 1.807) is 0 Å². The first-order valence-electron chi connectivity index (χ1n) is 6.93. The van der Waals surface area contributed by atoms with Gasteiger partial charge in [-0.05, 0) is 51.7 Å². The molecule has 4 nitrogen and oxygen atoms in total. The van der Waals surface area contributed by atoms with Gasteiger partial charge in [0.25, 0.3) is 0 Å². The first-order chi connectivity index (χ1) is 8.25. The second kappa shape index (κ2) is 6.36. The zero-order valence-corrected chi connectivity index (χ0v) is 10.9. The largest absolute Gasteiger partial charge is 0.353 e. The number of rotatable bonds is 6. The van der Waals surface area contributed by atoms with Crippen LogP contribution in [0.4, 0.5) is 0 Å². The molecule has 1 atom stereocenters. The van der Waals surface area contributed by atoms with Crippen molar-refractivity contribution >= 4 is 5.91 Å². The highest BCUT2D eigenvalue weighted by atomic mass is 16.1. The van der Waals surface area contributed by atoms with Crippen LogP contribution in [-0.2, 0) is 4.79 Å². The van der Waals surface area contributed by atoms with Crippen molar-refractivity contribution in [1.82, 2.24) is 15.5 Å². The Morgan fingerprint density at radius 2 is 2.06 bits per heavy atom. The third kappa shape index (κ3) is 4.64. The molecule has 2 aliphatic rings. The van der Waals surface area contributed by atoms with Crippen molar-refractivity contribution in [2.45, 2.75) is 38.1 Å². The summed E-state index contributed by atoms with van der Waals surface area (Å²) in [5, 5.41) is 6.25. The number of likely N-dealkylation sites (N-methyl/N-ethyl adjacent to an activating group) is 1. The quantitative estimate of drug-likeness (QED) is 0.713. The van der Waals surface area contributed by atoms with Gasteiger partial charge in [0.2, 0.25) is 5.91 Å². The highest BCUT2D eigenvalue weighted by Gasteiger charge is 2.21. The molecule has 1 amide bonds. The van der Waals surface area contributed by atoms with E-state index < -0.39 is 0 Å². The molecule has 0 aromatic carbocycles. The Balaban J connectivity index is 1.54. The Hall–Kier alpha value is -0.610. The average molecular weight is 239 g/mol. The van der Waals surface area contributed by atoms with Crippen LogP contribution >= 0.6 is 0 Å². The van der Waals surface area contributed by atoms with Gasteiger partial charge < -0.3 is 15.5 Å². The normalized spacial score (nSPS) is 25.8. The van der Waals surface area contributed by atoms with Crippen LogP contribution in [0.25, 0.3) is 0 Å². The lowest BCUT2D eigenvalue weighted by Crippen LogP contribution is -2.46. The molecule has 0 spiro atoms. The van der Waals surface area contributed by atoms with E-state index in [9.17, 15) is 4.79 Å². The zero-order chi connectivity index (χ0) is 12.1. The summed E-state index contributed by atoms with van der Waals surface area (Å²) in [6.45, 7) is 3.46. The van der Waals surface area contributed by atoms with Crippen molar-refractivity contribution in [2.24, 2.45) is 5.92 Å². The topological polar surface area (TPSA) is 44.4 Å². The van der Waals surface area contributed by atoms with Gasteiger partial charge in [0.15, 0.2) is 0 Å². The molecule has 1 heterocycles. The third-order valence-corrected chi connectivity index (χ3v) is 3.87. The highest BCUT2D eigenvalue weighted by Crippen LogP contribution is 2.27. The number of carbonyl (C=O) groups excluding carboxylic acids is 1. The van der Waals surface area contributed by atoms with Crippen LogP contribution in [0, 0.1) is 5.92 Å². The fourth-order valence-corrected chi connectivity index (χ4v) is 2.41. The summed E-state index contributed by atoms with van der Waals surface area (Å²) in [7, 11) is 2.15. The molecular formula is C13H25N3O. The molecule has 1 aliphatic heterocycles. The van der Waals surface area contributed by atoms with E-state index in [4.69, 9.17) is 0 Å². The molecule has 1 saturated heterocycles. The molecule has 98 valence electrons. The second-order valence-electron chi connectivity index (χ2n) is 5.51. The standard InChI is InChI=1S/C13H25N3O/c1-16-7-3-2-4-12(16)9-15-13(17)10-14-8-11-5-6-11/h11-12,14H,2-10H2,1H3,(H,15,17). The van der Waals surface area contributed by atoms with E-state index in [-0.39, 0.29) is 5.91 Å². The molecule has 0 radical (unpaired) electrons. The first-order valence-corrected chi connectivity index (χ1v) is 6.93. The smallest absolute Gasteiger partial charge is 0.234 e. The van der Waals surface area contributed by atoms with Crippen LogP contribution in [0.2, 0.25) is 0 Å². The van der Waals surface area contributed by atoms with Crippen LogP contribution in [-0.4, -0.2) is 50.1 Å². The van der Waals surface area contributed by atoms with E-state index in [0.717, 1.165) is 19.0 Å². The summed E-state index contributed by atoms with van der Waals surface area (Å²) in [6, 6.07) is 0.538. The number of likely N-dealkylation sites (tertiary alicyclic amines) is 1. The Bertz CT molecular complexity index is 253. The second-order valence-corrected chi connectivity index (χ2v) is 5.51. The number of hydrogen-bond acceptors (Lipinski definition) is 3. The molecule has 0 aromatic rings. The third-order valence-electron chi connectivity index (χ3n) is 3.87. The van der Waals surface area contributed by atoms with Gasteiger partial charge in [0, 0.05) is 12.6 Å². The summed E-state index contributed by atoms with van der Waals surface area (Å²) in [5.41, 5.74) is 0. The van der Waals surface area contributed by atoms with Crippen molar-refractivity contribution in [3.8, 4) is 0 Å². The predicted octanol–water partition coefficient (Wildman–Crippen LogP) is 0.587. The van der Waals surface area contributed by atoms with E-state index in [2.05, 4.69) is 22.6 Å². The molecule has 2 fully saturated rings. The van der Waals surface area contributed by atoms with Crippen LogP contribution in [0.3, 0.4) is 0 Å². The lowest BCUT2D eigenvalue weighted by Gasteiger charge is -2.32. The van der Waals surface area contributed by atoms with Crippen molar-refractivity contribution in [3.63, 3.8) is 0 Å². The molecule has 2 N–H and O–H groups in total. The maximum atomic E-state index is 11.6. The molecule has 1 aliphatic carbocycles. The minimum absolute atomic E-state index is 0.143. The van der Waals surface area contributed by atoms with Gasteiger partial charge in [-0.25, -0.2) is 0 Å². The van der Waals surface area contributed by atoms with Gasteiger partial charge in [-0.1, -0.05) is 6.42 Å². The van der Waals surface area contributed by atoms with Gasteiger partial charge in [-0.15, -0.1) is 0 Å². The zero-order valence-electron chi connectivity index (χ0n) is 10.9. The van der Waals surface area contributed by atoms with Gasteiger partial charge in [-0.2, -0.15) is 0 Å². The summed E-state index contributed by atoms with van der Waals surface area (Å²) >= 11 is 0. The van der Waals surface area contributed by atoms with Gasteiger partial charge in [0.05, 0.1) is 6.54 Å². The van der Waals surface area contributed by atoms with E-state index in [1.807, 2.05) is 0 Å². The fourth-order valence-electron chi connectivity index (χ4n) is 2.41. The molecular weight excluding hydrogens is 214 g/mol. The molecule has 1 unspecified atom stereocenters. The molecule has 17 heavy (non-hydrogen) atoms. The van der Waals surface area contributed by atoms with Gasteiger partial charge in [0.1, 0.15) is 0 Å². The number of hydrogen-bond donors (Lipinski definition) is 2. The van der Waals surface area contributed by atoms with E-state index in [1.165, 1.54) is 38.6 Å². The fraction of sp³-hybridized carbons (Fsp3) is 0.923. The van der Waals surface area contributed by atoms with Crippen LogP contribution in [0.5, 0.6) is 0 Å². The Kier molecular flexibility index (Phi) is 4.80. The summed E-state index contributed by atoms with van der Waals surface area (Å²) in [6.07, 6.45) is 6.48. The number of carbonyl (C=O) groups is 1. The maximum Gasteiger partial charge on any atom is 0.234 e. The van der Waals surface area contributed by atoms with Crippen LogP contribution in [0.15, 0.2) is 0 Å². The predicted molar refractivity (Wildman–Crippen MR) is 68.9 cm³/mol. The minimum atomic E-state index is 0.143. The van der Waals surface area contributed by atoms with Crippen molar-refractivity contribution < 1.29 is 4.79 Å². The molecule has 4 heteroatoms. The lowest BCUT2D eigenvalue weighted by molar-refractivity contribution is -0.120. The summed E-state index contributed by atoms with van der Waals surface area (Å²) in [5.74, 6) is 0.983. The lowest BCUT2D eigenvalue weighted by atomic mass is 10.0. The van der Waals surface area contributed by atoms with Crippen molar-refractivity contribution in [2.75, 3.05) is 33.2 Å². The van der Waals surface area contributed by atoms with Gasteiger partial charge in [-0.3, -0.25) is 4.79 Å². The van der Waals surface area contributed by atoms with Crippen molar-refractivity contribution in [1.29, 1.82) is 0 Å². The molecule has 2 rings (SSSR count). The van der Waals surface area contributed by atoms with Crippen LogP contribution < -0.4 is 10.6 Å². The molecule has 1 saturated carbocycles. The Morgan fingerprint density at radius 3 is 2.76 bits per heavy atom. The number of nitrogens with one attached hydrogen (secondary N) is 2. The summed E-state index contributed by atoms with van der Waals surface area (Å²) < 4.78 is 0. The van der Waals surface area contributed by atoms with Crippen molar-refractivity contribution in [3.05, 3.63) is 0 Å². The number of amides is 1.